The molecule has 5 nitrogen and oxygen atoms in total. The number of aryl methyl sites for hydroxylation is 2. The molecule has 2 N–H and O–H groups in total. The van der Waals surface area contributed by atoms with Crippen molar-refractivity contribution < 1.29 is 9.13 Å². The summed E-state index contributed by atoms with van der Waals surface area (Å²) in [5.74, 6) is 0.458. The zero-order valence-corrected chi connectivity index (χ0v) is 16.0. The van der Waals surface area contributed by atoms with Gasteiger partial charge in [-0.25, -0.2) is 14.4 Å². The van der Waals surface area contributed by atoms with E-state index in [0.717, 1.165) is 22.8 Å². The van der Waals surface area contributed by atoms with Crippen LogP contribution in [0.3, 0.4) is 0 Å². The van der Waals surface area contributed by atoms with Crippen LogP contribution >= 0.6 is 11.3 Å². The molecule has 0 unspecified atom stereocenters. The van der Waals surface area contributed by atoms with Gasteiger partial charge in [-0.1, -0.05) is 6.07 Å². The van der Waals surface area contributed by atoms with Gasteiger partial charge in [0.15, 0.2) is 5.96 Å². The molecule has 136 valence electrons. The zero-order valence-electron chi connectivity index (χ0n) is 15.1. The number of hydrogen-bond acceptors (Lipinski definition) is 4. The van der Waals surface area contributed by atoms with Gasteiger partial charge in [0, 0.05) is 24.1 Å². The number of nitrogens with one attached hydrogen (secondary N) is 2. The molecule has 0 spiro atoms. The van der Waals surface area contributed by atoms with E-state index < -0.39 is 0 Å². The van der Waals surface area contributed by atoms with Crippen LogP contribution in [0.25, 0.3) is 0 Å². The minimum atomic E-state index is -0.255. The van der Waals surface area contributed by atoms with Crippen molar-refractivity contribution in [2.24, 2.45) is 4.99 Å². The summed E-state index contributed by atoms with van der Waals surface area (Å²) in [6, 6.07) is 5.00. The fraction of sp³-hybridized carbons (Fsp3) is 0.444. The summed E-state index contributed by atoms with van der Waals surface area (Å²) >= 11 is 1.69. The van der Waals surface area contributed by atoms with Gasteiger partial charge in [-0.15, -0.1) is 11.3 Å². The van der Waals surface area contributed by atoms with E-state index in [1.165, 1.54) is 10.9 Å². The zero-order chi connectivity index (χ0) is 18.2. The summed E-state index contributed by atoms with van der Waals surface area (Å²) in [5.41, 5.74) is 2.55. The van der Waals surface area contributed by atoms with Crippen LogP contribution in [0.15, 0.2) is 23.2 Å². The number of hydrogen-bond donors (Lipinski definition) is 2. The summed E-state index contributed by atoms with van der Waals surface area (Å²) in [6.07, 6.45) is 0. The Morgan fingerprint density at radius 1 is 1.32 bits per heavy atom. The third-order valence-corrected chi connectivity index (χ3v) is 4.73. The maximum atomic E-state index is 13.7. The first-order valence-corrected chi connectivity index (χ1v) is 9.06. The van der Waals surface area contributed by atoms with Gasteiger partial charge in [0.1, 0.15) is 10.8 Å². The van der Waals surface area contributed by atoms with Gasteiger partial charge in [-0.05, 0) is 38.5 Å². The smallest absolute Gasteiger partial charge is 0.191 e. The molecule has 2 aromatic rings. The van der Waals surface area contributed by atoms with Crippen molar-refractivity contribution in [1.29, 1.82) is 0 Å². The van der Waals surface area contributed by atoms with E-state index in [0.29, 0.717) is 24.6 Å². The summed E-state index contributed by atoms with van der Waals surface area (Å²) in [5, 5.41) is 7.53. The molecule has 0 aliphatic heterocycles. The first-order valence-electron chi connectivity index (χ1n) is 8.24. The molecule has 0 bridgehead atoms. The van der Waals surface area contributed by atoms with E-state index >= 15 is 0 Å². The van der Waals surface area contributed by atoms with Crippen LogP contribution in [0.2, 0.25) is 0 Å². The lowest BCUT2D eigenvalue weighted by Gasteiger charge is -2.10. The molecule has 0 aliphatic carbocycles. The third kappa shape index (κ3) is 5.79. The van der Waals surface area contributed by atoms with Crippen LogP contribution in [-0.4, -0.2) is 24.6 Å². The number of aromatic nitrogens is 1. The molecule has 0 fully saturated rings. The molecule has 0 amide bonds. The predicted octanol–water partition coefficient (Wildman–Crippen LogP) is 3.30. The molecule has 1 aromatic carbocycles. The fourth-order valence-corrected chi connectivity index (χ4v) is 3.15. The number of methoxy groups -OCH3 is 1. The highest BCUT2D eigenvalue weighted by atomic mass is 32.1. The predicted molar refractivity (Wildman–Crippen MR) is 100 cm³/mol. The quantitative estimate of drug-likeness (QED) is 0.585. The lowest BCUT2D eigenvalue weighted by atomic mass is 10.1. The van der Waals surface area contributed by atoms with Crippen LogP contribution in [-0.2, 0) is 24.4 Å². The molecule has 7 heteroatoms. The number of thiazole rings is 1. The van der Waals surface area contributed by atoms with Crippen LogP contribution in [0.4, 0.5) is 4.39 Å². The number of halogens is 1. The van der Waals surface area contributed by atoms with Crippen molar-refractivity contribution >= 4 is 17.3 Å². The number of rotatable bonds is 7. The van der Waals surface area contributed by atoms with Gasteiger partial charge >= 0.3 is 0 Å². The van der Waals surface area contributed by atoms with Crippen molar-refractivity contribution in [1.82, 2.24) is 15.6 Å². The second-order valence-electron chi connectivity index (χ2n) is 5.66. The second-order valence-corrected chi connectivity index (χ2v) is 6.94. The molecule has 0 aliphatic rings. The Labute approximate surface area is 152 Å². The summed E-state index contributed by atoms with van der Waals surface area (Å²) in [6.45, 7) is 8.21. The molecule has 0 saturated carbocycles. The largest absolute Gasteiger partial charge is 0.380 e. The Balaban J connectivity index is 2.02. The van der Waals surface area contributed by atoms with Crippen LogP contribution < -0.4 is 10.6 Å². The van der Waals surface area contributed by atoms with Crippen molar-refractivity contribution in [3.8, 4) is 0 Å². The Morgan fingerprint density at radius 3 is 2.76 bits per heavy atom. The number of nitrogens with zero attached hydrogens (tertiary/aromatic N) is 2. The second kappa shape index (κ2) is 9.48. The van der Waals surface area contributed by atoms with Crippen LogP contribution in [0.5, 0.6) is 0 Å². The van der Waals surface area contributed by atoms with Gasteiger partial charge in [0.05, 0.1) is 25.4 Å². The summed E-state index contributed by atoms with van der Waals surface area (Å²) in [4.78, 5) is 10.3. The average Bonchev–Trinajstić information content (AvgIpc) is 2.91. The number of benzene rings is 1. The maximum Gasteiger partial charge on any atom is 0.191 e. The van der Waals surface area contributed by atoms with Crippen molar-refractivity contribution in [2.45, 2.75) is 40.5 Å². The first kappa shape index (κ1) is 19.3. The van der Waals surface area contributed by atoms with Crippen LogP contribution in [0.1, 0.15) is 33.6 Å². The highest BCUT2D eigenvalue weighted by Crippen LogP contribution is 2.16. The molecule has 1 heterocycles. The lowest BCUT2D eigenvalue weighted by molar-refractivity contribution is 0.181. The Bertz CT molecular complexity index is 710. The summed E-state index contributed by atoms with van der Waals surface area (Å²) in [7, 11) is 1.56. The van der Waals surface area contributed by atoms with E-state index in [-0.39, 0.29) is 12.4 Å². The number of aliphatic imine (C=N–C) groups is 1. The van der Waals surface area contributed by atoms with E-state index in [4.69, 9.17) is 4.74 Å². The minimum Gasteiger partial charge on any atom is -0.380 e. The maximum absolute atomic E-state index is 13.7. The fourth-order valence-electron chi connectivity index (χ4n) is 2.28. The van der Waals surface area contributed by atoms with Crippen LogP contribution in [0, 0.1) is 19.7 Å². The lowest BCUT2D eigenvalue weighted by Crippen LogP contribution is -2.36. The highest BCUT2D eigenvalue weighted by Gasteiger charge is 2.06. The summed E-state index contributed by atoms with van der Waals surface area (Å²) < 4.78 is 18.7. The van der Waals surface area contributed by atoms with Crippen molar-refractivity contribution in [2.75, 3.05) is 13.7 Å². The van der Waals surface area contributed by atoms with E-state index in [9.17, 15) is 4.39 Å². The first-order chi connectivity index (χ1) is 12.0. The van der Waals surface area contributed by atoms with Gasteiger partial charge in [0.2, 0.25) is 0 Å². The molecule has 1 aromatic heterocycles. The highest BCUT2D eigenvalue weighted by molar-refractivity contribution is 7.11. The third-order valence-electron chi connectivity index (χ3n) is 3.65. The molecule has 2 rings (SSSR count). The molecular formula is C18H25FN4OS. The Morgan fingerprint density at radius 2 is 2.12 bits per heavy atom. The Hall–Kier alpha value is -1.99. The van der Waals surface area contributed by atoms with Gasteiger partial charge in [-0.2, -0.15) is 0 Å². The standard InChI is InChI=1S/C18H25FN4OS/c1-5-20-18(22-10-17-23-12(2)13(3)25-17)21-9-14-6-7-16(19)15(8-14)11-24-4/h6-8H,5,9-11H2,1-4H3,(H2,20,21,22). The average molecular weight is 364 g/mol. The normalized spacial score (nSPS) is 11.6. The van der Waals surface area contributed by atoms with Crippen molar-refractivity contribution in [3.05, 3.63) is 50.7 Å². The molecule has 0 saturated heterocycles. The monoisotopic (exact) mass is 364 g/mol. The van der Waals surface area contributed by atoms with E-state index in [1.54, 1.807) is 30.6 Å². The molecule has 0 radical (unpaired) electrons. The molecule has 0 atom stereocenters. The van der Waals surface area contributed by atoms with Gasteiger partial charge in [-0.3, -0.25) is 0 Å². The molecular weight excluding hydrogens is 339 g/mol. The number of guanidine groups is 1. The SMILES string of the molecule is CCNC(=NCc1ccc(F)c(COC)c1)NCc1nc(C)c(C)s1. The van der Waals surface area contributed by atoms with E-state index in [1.807, 2.05) is 13.8 Å². The minimum absolute atomic E-state index is 0.254. The number of ether oxygens (including phenoxy) is 1. The topological polar surface area (TPSA) is 58.5 Å². The molecule has 25 heavy (non-hydrogen) atoms. The van der Waals surface area contributed by atoms with E-state index in [2.05, 4.69) is 27.5 Å². The van der Waals surface area contributed by atoms with Gasteiger partial charge < -0.3 is 15.4 Å². The Kier molecular flexibility index (Phi) is 7.33. The van der Waals surface area contributed by atoms with Gasteiger partial charge in [0.25, 0.3) is 0 Å². The van der Waals surface area contributed by atoms with Crippen molar-refractivity contribution in [3.63, 3.8) is 0 Å².